The van der Waals surface area contributed by atoms with Gasteiger partial charge >= 0.3 is 5.97 Å². The summed E-state index contributed by atoms with van der Waals surface area (Å²) in [4.78, 5) is 10.2. The van der Waals surface area contributed by atoms with E-state index in [9.17, 15) is 4.79 Å². The summed E-state index contributed by atoms with van der Waals surface area (Å²) in [6, 6.07) is 8.30. The van der Waals surface area contributed by atoms with Crippen molar-refractivity contribution in [1.29, 1.82) is 0 Å². The molecule has 0 aliphatic rings. The van der Waals surface area contributed by atoms with Crippen LogP contribution in [0.5, 0.6) is 0 Å². The van der Waals surface area contributed by atoms with Gasteiger partial charge in [0.25, 0.3) is 0 Å². The molecule has 3 heteroatoms. The Bertz CT molecular complexity index is 245. The molecule has 1 atom stereocenters. The second-order valence-corrected chi connectivity index (χ2v) is 3.39. The van der Waals surface area contributed by atoms with Gasteiger partial charge in [0.05, 0.1) is 5.56 Å². The third-order valence-corrected chi connectivity index (χ3v) is 1.99. The highest BCUT2D eigenvalue weighted by molar-refractivity contribution is 7.16. The molecule has 0 amide bonds. The van der Waals surface area contributed by atoms with Gasteiger partial charge in [0.2, 0.25) is 0 Å². The molecule has 2 nitrogen and oxygen atoms in total. The Morgan fingerprint density at radius 2 is 1.93 bits per heavy atom. The summed E-state index contributed by atoms with van der Waals surface area (Å²) in [5.74, 6) is -0.879. The van der Waals surface area contributed by atoms with Crippen LogP contribution in [-0.2, 0) is 0 Å². The quantitative estimate of drug-likeness (QED) is 0.782. The fourth-order valence-corrected chi connectivity index (χ4v) is 1.19. The second kappa shape index (κ2) is 8.71. The Morgan fingerprint density at radius 3 is 2.14 bits per heavy atom. The average molecular weight is 212 g/mol. The number of carboxylic acid groups (broad SMARTS) is 1. The van der Waals surface area contributed by atoms with Crippen molar-refractivity contribution in [3.63, 3.8) is 0 Å². The minimum absolute atomic E-state index is 0.331. The minimum atomic E-state index is -0.879. The predicted octanol–water partition coefficient (Wildman–Crippen LogP) is 3.05. The summed E-state index contributed by atoms with van der Waals surface area (Å²) in [6.07, 6.45) is 3.94. The van der Waals surface area contributed by atoms with Crippen molar-refractivity contribution >= 4 is 15.2 Å². The molecule has 1 unspecified atom stereocenters. The van der Waals surface area contributed by atoms with Crippen molar-refractivity contribution in [3.05, 3.63) is 35.9 Å². The van der Waals surface area contributed by atoms with Crippen LogP contribution in [0.25, 0.3) is 0 Å². The van der Waals surface area contributed by atoms with Crippen LogP contribution in [-0.4, -0.2) is 17.2 Å². The molecule has 0 aliphatic heterocycles. The lowest BCUT2D eigenvalue weighted by Gasteiger charge is -1.88. The highest BCUT2D eigenvalue weighted by Crippen LogP contribution is 1.96. The molecule has 0 fully saturated rings. The lowest BCUT2D eigenvalue weighted by atomic mass is 10.2. The van der Waals surface area contributed by atoms with Crippen LogP contribution >= 0.6 is 9.24 Å². The van der Waals surface area contributed by atoms with Gasteiger partial charge in [0, 0.05) is 0 Å². The van der Waals surface area contributed by atoms with Crippen LogP contribution in [0.15, 0.2) is 30.3 Å². The normalized spacial score (nSPS) is 8.71. The van der Waals surface area contributed by atoms with E-state index >= 15 is 0 Å². The van der Waals surface area contributed by atoms with Gasteiger partial charge in [-0.2, -0.15) is 0 Å². The van der Waals surface area contributed by atoms with Crippen LogP contribution in [0.2, 0.25) is 0 Å². The van der Waals surface area contributed by atoms with E-state index < -0.39 is 5.97 Å². The van der Waals surface area contributed by atoms with Crippen LogP contribution in [0, 0.1) is 0 Å². The zero-order valence-corrected chi connectivity index (χ0v) is 9.60. The van der Waals surface area contributed by atoms with E-state index in [1.807, 2.05) is 0 Å². The van der Waals surface area contributed by atoms with Gasteiger partial charge in [-0.1, -0.05) is 38.0 Å². The first-order chi connectivity index (χ1) is 6.72. The van der Waals surface area contributed by atoms with Crippen molar-refractivity contribution < 1.29 is 9.90 Å². The molecular weight excluding hydrogens is 195 g/mol. The molecule has 0 heterocycles. The standard InChI is InChI=1S/C7H6O2.C4H11P/c8-7(9)6-4-2-1-3-5-6;1-2-3-4-5/h1-5H,(H,8,9);2-5H2,1H3. The van der Waals surface area contributed by atoms with E-state index in [2.05, 4.69) is 16.2 Å². The Balaban J connectivity index is 0.000000292. The number of carboxylic acids is 1. The van der Waals surface area contributed by atoms with Gasteiger partial charge in [0.15, 0.2) is 0 Å². The molecule has 78 valence electrons. The maximum atomic E-state index is 10.2. The molecule has 0 saturated carbocycles. The summed E-state index contributed by atoms with van der Waals surface area (Å²) in [6.45, 7) is 2.20. The zero-order valence-electron chi connectivity index (χ0n) is 8.44. The molecule has 0 saturated heterocycles. The maximum Gasteiger partial charge on any atom is 0.335 e. The van der Waals surface area contributed by atoms with Crippen molar-refractivity contribution in [1.82, 2.24) is 0 Å². The molecular formula is C11H17O2P. The zero-order chi connectivity index (χ0) is 10.8. The Labute approximate surface area is 87.5 Å². The fraction of sp³-hybridized carbons (Fsp3) is 0.364. The van der Waals surface area contributed by atoms with Gasteiger partial charge < -0.3 is 5.11 Å². The first-order valence-corrected chi connectivity index (χ1v) is 5.52. The third-order valence-electron chi connectivity index (χ3n) is 1.58. The summed E-state index contributed by atoms with van der Waals surface area (Å²) >= 11 is 0. The molecule has 1 aromatic rings. The monoisotopic (exact) mass is 212 g/mol. The van der Waals surface area contributed by atoms with Crippen LogP contribution in [0.4, 0.5) is 0 Å². The SMILES string of the molecule is CCCCP.O=C(O)c1ccccc1. The molecule has 0 aromatic heterocycles. The van der Waals surface area contributed by atoms with E-state index in [1.165, 1.54) is 19.0 Å². The van der Waals surface area contributed by atoms with Crippen molar-refractivity contribution in [2.45, 2.75) is 19.8 Å². The van der Waals surface area contributed by atoms with Gasteiger partial charge in [-0.05, 0) is 18.3 Å². The molecule has 0 spiro atoms. The van der Waals surface area contributed by atoms with Gasteiger partial charge in [0.1, 0.15) is 0 Å². The van der Waals surface area contributed by atoms with E-state index in [4.69, 9.17) is 5.11 Å². The summed E-state index contributed by atoms with van der Waals surface area (Å²) in [7, 11) is 2.70. The molecule has 1 N–H and O–H groups in total. The Kier molecular flexibility index (Phi) is 8.16. The lowest BCUT2D eigenvalue weighted by Crippen LogP contribution is -1.93. The Hall–Kier alpha value is -0.880. The fourth-order valence-electron chi connectivity index (χ4n) is 0.785. The molecule has 0 aliphatic carbocycles. The molecule has 0 radical (unpaired) electrons. The number of hydrogen-bond acceptors (Lipinski definition) is 1. The summed E-state index contributed by atoms with van der Waals surface area (Å²) in [5, 5.41) is 8.38. The minimum Gasteiger partial charge on any atom is -0.478 e. The van der Waals surface area contributed by atoms with E-state index in [0.29, 0.717) is 5.56 Å². The Morgan fingerprint density at radius 1 is 1.36 bits per heavy atom. The first-order valence-electron chi connectivity index (χ1n) is 4.70. The number of unbranched alkanes of at least 4 members (excludes halogenated alkanes) is 1. The summed E-state index contributed by atoms with van der Waals surface area (Å²) in [5.41, 5.74) is 0.331. The van der Waals surface area contributed by atoms with Gasteiger partial charge in [-0.25, -0.2) is 4.79 Å². The number of benzene rings is 1. The van der Waals surface area contributed by atoms with Crippen LogP contribution in [0.3, 0.4) is 0 Å². The smallest absolute Gasteiger partial charge is 0.335 e. The second-order valence-electron chi connectivity index (χ2n) is 2.81. The number of hydrogen-bond donors (Lipinski definition) is 1. The first kappa shape index (κ1) is 13.1. The molecule has 1 rings (SSSR count). The van der Waals surface area contributed by atoms with Gasteiger partial charge in [-0.3, -0.25) is 0 Å². The number of aromatic carboxylic acids is 1. The molecule has 0 bridgehead atoms. The van der Waals surface area contributed by atoms with E-state index in [0.717, 1.165) is 0 Å². The topological polar surface area (TPSA) is 37.3 Å². The largest absolute Gasteiger partial charge is 0.478 e. The highest BCUT2D eigenvalue weighted by Gasteiger charge is 1.96. The lowest BCUT2D eigenvalue weighted by molar-refractivity contribution is 0.0697. The van der Waals surface area contributed by atoms with E-state index in [1.54, 1.807) is 30.3 Å². The van der Waals surface area contributed by atoms with Crippen molar-refractivity contribution in [2.75, 3.05) is 6.16 Å². The van der Waals surface area contributed by atoms with E-state index in [-0.39, 0.29) is 0 Å². The van der Waals surface area contributed by atoms with Crippen molar-refractivity contribution in [2.24, 2.45) is 0 Å². The average Bonchev–Trinajstić information content (AvgIpc) is 2.21. The predicted molar refractivity (Wildman–Crippen MR) is 62.9 cm³/mol. The molecule has 14 heavy (non-hydrogen) atoms. The van der Waals surface area contributed by atoms with Crippen LogP contribution < -0.4 is 0 Å². The highest BCUT2D eigenvalue weighted by atomic mass is 31.0. The van der Waals surface area contributed by atoms with Gasteiger partial charge in [-0.15, -0.1) is 9.24 Å². The van der Waals surface area contributed by atoms with Crippen molar-refractivity contribution in [3.8, 4) is 0 Å². The molecule has 1 aromatic carbocycles. The maximum absolute atomic E-state index is 10.2. The number of carbonyl (C=O) groups is 1. The summed E-state index contributed by atoms with van der Waals surface area (Å²) < 4.78 is 0. The number of rotatable bonds is 3. The third kappa shape index (κ3) is 6.62. The van der Waals surface area contributed by atoms with Crippen LogP contribution in [0.1, 0.15) is 30.1 Å².